The number of hydrogen-bond donors (Lipinski definition) is 1. The molecule has 0 aliphatic carbocycles. The summed E-state index contributed by atoms with van der Waals surface area (Å²) in [6.45, 7) is 1.43. The van der Waals surface area contributed by atoms with Crippen molar-refractivity contribution in [2.75, 3.05) is 5.88 Å². The minimum Gasteiger partial charge on any atom is -1.00 e. The topological polar surface area (TPSA) is 20.2 Å². The van der Waals surface area contributed by atoms with Crippen molar-refractivity contribution in [3.8, 4) is 0 Å². The Morgan fingerprint density at radius 2 is 2.00 bits per heavy atom. The zero-order valence-electron chi connectivity index (χ0n) is 5.41. The number of alkyl halides is 2. The Morgan fingerprint density at radius 1 is 1.86 bits per heavy atom. The van der Waals surface area contributed by atoms with Crippen molar-refractivity contribution in [3.63, 3.8) is 0 Å². The van der Waals surface area contributed by atoms with Gasteiger partial charge in [-0.05, 0) is 6.92 Å². The first-order valence-corrected chi connectivity index (χ1v) is 2.45. The summed E-state index contributed by atoms with van der Waals surface area (Å²) in [5.74, 6) is 0.0640. The van der Waals surface area contributed by atoms with E-state index in [9.17, 15) is 0 Å². The monoisotopic (exact) mass is 152 g/mol. The SMILES string of the molecule is CC(O)(Cl)CCl.[H-].[Na+]. The van der Waals surface area contributed by atoms with E-state index in [1.807, 2.05) is 0 Å². The van der Waals surface area contributed by atoms with Gasteiger partial charge in [0.05, 0.1) is 5.88 Å². The molecular weight excluding hydrogens is 146 g/mol. The van der Waals surface area contributed by atoms with Crippen LogP contribution in [0.5, 0.6) is 0 Å². The fourth-order valence-corrected chi connectivity index (χ4v) is 0. The minimum absolute atomic E-state index is 0. The largest absolute Gasteiger partial charge is 1.00 e. The molecule has 0 aromatic rings. The Kier molecular flexibility index (Phi) is 7.17. The van der Waals surface area contributed by atoms with E-state index in [0.29, 0.717) is 0 Å². The van der Waals surface area contributed by atoms with Crippen molar-refractivity contribution < 1.29 is 36.1 Å². The Balaban J connectivity index is -0.000000125. The van der Waals surface area contributed by atoms with Gasteiger partial charge in [0.2, 0.25) is 0 Å². The summed E-state index contributed by atoms with van der Waals surface area (Å²) in [6, 6.07) is 0. The predicted octanol–water partition coefficient (Wildman–Crippen LogP) is -1.71. The van der Waals surface area contributed by atoms with E-state index >= 15 is 0 Å². The van der Waals surface area contributed by atoms with Gasteiger partial charge in [0.15, 0.2) is 0 Å². The van der Waals surface area contributed by atoms with Gasteiger partial charge in [0.25, 0.3) is 0 Å². The van der Waals surface area contributed by atoms with Crippen LogP contribution >= 0.6 is 23.2 Å². The molecule has 0 aliphatic rings. The summed E-state index contributed by atoms with van der Waals surface area (Å²) < 4.78 is 0. The van der Waals surface area contributed by atoms with Gasteiger partial charge < -0.3 is 6.53 Å². The van der Waals surface area contributed by atoms with Crippen molar-refractivity contribution in [1.82, 2.24) is 0 Å². The maximum absolute atomic E-state index is 8.46. The molecule has 0 rings (SSSR count). The van der Waals surface area contributed by atoms with Crippen LogP contribution in [0, 0.1) is 0 Å². The van der Waals surface area contributed by atoms with Gasteiger partial charge in [0, 0.05) is 0 Å². The summed E-state index contributed by atoms with van der Waals surface area (Å²) in [7, 11) is 0. The number of hydrogen-bond acceptors (Lipinski definition) is 1. The molecule has 1 nitrogen and oxygen atoms in total. The molecule has 1 unspecified atom stereocenters. The van der Waals surface area contributed by atoms with Crippen LogP contribution in [0.15, 0.2) is 0 Å². The second-order valence-corrected chi connectivity index (χ2v) is 2.36. The van der Waals surface area contributed by atoms with Gasteiger partial charge in [0.1, 0.15) is 5.06 Å². The van der Waals surface area contributed by atoms with E-state index in [1.165, 1.54) is 6.92 Å². The molecular formula is C3H7Cl2NaO. The van der Waals surface area contributed by atoms with Crippen LogP contribution in [-0.2, 0) is 0 Å². The maximum atomic E-state index is 8.46. The van der Waals surface area contributed by atoms with Crippen LogP contribution in [0.4, 0.5) is 0 Å². The number of rotatable bonds is 1. The predicted molar refractivity (Wildman–Crippen MR) is 28.3 cm³/mol. The molecule has 1 N–H and O–H groups in total. The molecule has 0 heterocycles. The maximum Gasteiger partial charge on any atom is 1.00 e. The van der Waals surface area contributed by atoms with Crippen LogP contribution in [0.2, 0.25) is 0 Å². The number of halogens is 2. The summed E-state index contributed by atoms with van der Waals surface area (Å²) in [5.41, 5.74) is 0. The standard InChI is InChI=1S/C3H6Cl2O.Na.H/c1-3(5,6)2-4;;/h6H,2H2,1H3;;/q;+1;-1. The average molecular weight is 153 g/mol. The molecule has 0 saturated carbocycles. The molecule has 0 aliphatic heterocycles. The molecule has 4 heteroatoms. The Morgan fingerprint density at radius 3 is 2.00 bits per heavy atom. The summed E-state index contributed by atoms with van der Waals surface area (Å²) in [5, 5.41) is 7.24. The van der Waals surface area contributed by atoms with Gasteiger partial charge in [-0.15, -0.1) is 11.6 Å². The molecule has 0 spiro atoms. The van der Waals surface area contributed by atoms with Crippen molar-refractivity contribution in [2.24, 2.45) is 0 Å². The van der Waals surface area contributed by atoms with Crippen LogP contribution in [0.1, 0.15) is 8.35 Å². The third kappa shape index (κ3) is 11.2. The minimum atomic E-state index is -1.22. The zero-order valence-corrected chi connectivity index (χ0v) is 7.92. The molecule has 0 aromatic heterocycles. The average Bonchev–Trinajstić information content (AvgIpc) is 1.35. The summed E-state index contributed by atoms with van der Waals surface area (Å²) in [4.78, 5) is 0. The van der Waals surface area contributed by atoms with Crippen LogP contribution in [-0.4, -0.2) is 16.0 Å². The third-order valence-electron chi connectivity index (χ3n) is 0.244. The zero-order chi connectivity index (χ0) is 5.21. The first-order valence-electron chi connectivity index (χ1n) is 1.53. The van der Waals surface area contributed by atoms with Gasteiger partial charge in [-0.25, -0.2) is 0 Å². The molecule has 1 atom stereocenters. The van der Waals surface area contributed by atoms with Gasteiger partial charge in [-0.3, -0.25) is 0 Å². The summed E-state index contributed by atoms with van der Waals surface area (Å²) in [6.07, 6.45) is 0. The molecule has 0 bridgehead atoms. The second-order valence-electron chi connectivity index (χ2n) is 1.28. The Hall–Kier alpha value is 1.54. The quantitative estimate of drug-likeness (QED) is 0.351. The van der Waals surface area contributed by atoms with E-state index in [2.05, 4.69) is 0 Å². The second kappa shape index (κ2) is 4.42. The number of aliphatic hydroxyl groups is 1. The third-order valence-corrected chi connectivity index (χ3v) is 1.03. The van der Waals surface area contributed by atoms with E-state index < -0.39 is 5.06 Å². The van der Waals surface area contributed by atoms with Crippen molar-refractivity contribution in [1.29, 1.82) is 0 Å². The molecule has 40 valence electrons. The molecule has 0 saturated heterocycles. The van der Waals surface area contributed by atoms with Gasteiger partial charge >= 0.3 is 29.6 Å². The van der Waals surface area contributed by atoms with Gasteiger partial charge in [-0.1, -0.05) is 11.6 Å². The van der Waals surface area contributed by atoms with Crippen LogP contribution < -0.4 is 29.6 Å². The normalized spacial score (nSPS) is 17.1. The van der Waals surface area contributed by atoms with E-state index in [1.54, 1.807) is 0 Å². The first-order chi connectivity index (χ1) is 2.56. The van der Waals surface area contributed by atoms with E-state index in [4.69, 9.17) is 28.3 Å². The van der Waals surface area contributed by atoms with Crippen LogP contribution in [0.3, 0.4) is 0 Å². The first kappa shape index (κ1) is 11.4. The van der Waals surface area contributed by atoms with Gasteiger partial charge in [-0.2, -0.15) is 0 Å². The molecule has 7 heavy (non-hydrogen) atoms. The Labute approximate surface area is 76.8 Å². The molecule has 0 fully saturated rings. The van der Waals surface area contributed by atoms with Crippen molar-refractivity contribution in [2.45, 2.75) is 12.0 Å². The molecule has 0 amide bonds. The molecule has 0 aromatic carbocycles. The van der Waals surface area contributed by atoms with E-state index in [0.717, 1.165) is 0 Å². The van der Waals surface area contributed by atoms with Crippen molar-refractivity contribution >= 4 is 23.2 Å². The fraction of sp³-hybridized carbons (Fsp3) is 1.00. The van der Waals surface area contributed by atoms with Crippen LogP contribution in [0.25, 0.3) is 0 Å². The smallest absolute Gasteiger partial charge is 1.00 e. The summed E-state index contributed by atoms with van der Waals surface area (Å²) >= 11 is 10.2. The Bertz CT molecular complexity index is 47.0. The fourth-order valence-electron chi connectivity index (χ4n) is 0. The van der Waals surface area contributed by atoms with E-state index in [-0.39, 0.29) is 36.9 Å². The molecule has 0 radical (unpaired) electrons. The van der Waals surface area contributed by atoms with Crippen molar-refractivity contribution in [3.05, 3.63) is 0 Å².